The molecule has 3 nitrogen and oxygen atoms in total. The largest absolute Gasteiger partial charge is 0.342 e. The lowest BCUT2D eigenvalue weighted by molar-refractivity contribution is -0.141. The van der Waals surface area contributed by atoms with Crippen molar-refractivity contribution in [1.29, 1.82) is 0 Å². The van der Waals surface area contributed by atoms with Gasteiger partial charge < -0.3 is 10.6 Å². The van der Waals surface area contributed by atoms with Gasteiger partial charge in [0.2, 0.25) is 5.91 Å². The number of hydrogen-bond donors (Lipinski definition) is 1. The Hall–Kier alpha value is -0.570. The van der Waals surface area contributed by atoms with Crippen LogP contribution in [0.4, 0.5) is 0 Å². The van der Waals surface area contributed by atoms with Crippen LogP contribution in [0.1, 0.15) is 58.3 Å². The normalized spacial score (nSPS) is 42.1. The summed E-state index contributed by atoms with van der Waals surface area (Å²) < 4.78 is 0. The highest BCUT2D eigenvalue weighted by Crippen LogP contribution is 2.38. The van der Waals surface area contributed by atoms with Crippen LogP contribution in [0.5, 0.6) is 0 Å². The van der Waals surface area contributed by atoms with E-state index in [-0.39, 0.29) is 5.92 Å². The van der Waals surface area contributed by atoms with Gasteiger partial charge in [0, 0.05) is 25.0 Å². The number of likely N-dealkylation sites (tertiary alicyclic amines) is 1. The SMILES string of the molecule is CC1CC(N)CCC1C(=O)N1CCC2CCCCC2C1. The third-order valence-electron chi connectivity index (χ3n) is 6.13. The minimum absolute atomic E-state index is 0.245. The van der Waals surface area contributed by atoms with Crippen LogP contribution in [0, 0.1) is 23.7 Å². The molecule has 2 aliphatic carbocycles. The first-order valence-electron chi connectivity index (χ1n) is 8.69. The van der Waals surface area contributed by atoms with E-state index < -0.39 is 0 Å². The van der Waals surface area contributed by atoms with Crippen molar-refractivity contribution in [2.24, 2.45) is 29.4 Å². The summed E-state index contributed by atoms with van der Waals surface area (Å²) in [5, 5.41) is 0. The van der Waals surface area contributed by atoms with E-state index in [9.17, 15) is 4.79 Å². The number of carbonyl (C=O) groups is 1. The average molecular weight is 278 g/mol. The fourth-order valence-corrected chi connectivity index (χ4v) is 4.84. The zero-order valence-corrected chi connectivity index (χ0v) is 12.9. The Morgan fingerprint density at radius 1 is 1.05 bits per heavy atom. The molecule has 114 valence electrons. The summed E-state index contributed by atoms with van der Waals surface area (Å²) in [4.78, 5) is 15.0. The second-order valence-corrected chi connectivity index (χ2v) is 7.53. The Morgan fingerprint density at radius 2 is 1.80 bits per heavy atom. The van der Waals surface area contributed by atoms with E-state index in [2.05, 4.69) is 11.8 Å². The van der Waals surface area contributed by atoms with E-state index in [0.29, 0.717) is 17.9 Å². The molecule has 1 amide bonds. The highest BCUT2D eigenvalue weighted by molar-refractivity contribution is 5.79. The van der Waals surface area contributed by atoms with Gasteiger partial charge in [-0.15, -0.1) is 0 Å². The molecule has 1 aliphatic heterocycles. The number of hydrogen-bond acceptors (Lipinski definition) is 2. The van der Waals surface area contributed by atoms with Gasteiger partial charge in [0.05, 0.1) is 0 Å². The maximum atomic E-state index is 12.8. The zero-order chi connectivity index (χ0) is 14.1. The number of nitrogens with zero attached hydrogens (tertiary/aromatic N) is 1. The molecular weight excluding hydrogens is 248 g/mol. The molecule has 3 aliphatic rings. The first kappa shape index (κ1) is 14.4. The summed E-state index contributed by atoms with van der Waals surface area (Å²) in [7, 11) is 0. The molecule has 0 aromatic heterocycles. The van der Waals surface area contributed by atoms with Gasteiger partial charge in [-0.05, 0) is 49.9 Å². The van der Waals surface area contributed by atoms with Crippen LogP contribution in [0.25, 0.3) is 0 Å². The third-order valence-corrected chi connectivity index (χ3v) is 6.13. The van der Waals surface area contributed by atoms with Gasteiger partial charge in [-0.1, -0.05) is 26.2 Å². The van der Waals surface area contributed by atoms with Crippen molar-refractivity contribution in [3.63, 3.8) is 0 Å². The number of rotatable bonds is 1. The highest BCUT2D eigenvalue weighted by Gasteiger charge is 2.38. The summed E-state index contributed by atoms with van der Waals surface area (Å²) in [6.45, 7) is 4.27. The van der Waals surface area contributed by atoms with Crippen LogP contribution in [-0.4, -0.2) is 29.9 Å². The standard InChI is InChI=1S/C17H30N2O/c1-12-10-15(18)6-7-16(12)17(20)19-9-8-13-4-2-3-5-14(13)11-19/h12-16H,2-11,18H2,1H3. The van der Waals surface area contributed by atoms with Gasteiger partial charge in [-0.3, -0.25) is 4.79 Å². The molecular formula is C17H30N2O. The minimum Gasteiger partial charge on any atom is -0.342 e. The lowest BCUT2D eigenvalue weighted by atomic mass is 9.73. The van der Waals surface area contributed by atoms with Crippen molar-refractivity contribution in [2.45, 2.75) is 64.3 Å². The second-order valence-electron chi connectivity index (χ2n) is 7.53. The van der Waals surface area contributed by atoms with Crippen molar-refractivity contribution in [1.82, 2.24) is 4.90 Å². The summed E-state index contributed by atoms with van der Waals surface area (Å²) in [6, 6.07) is 0.318. The molecule has 2 saturated carbocycles. The van der Waals surface area contributed by atoms with Crippen LogP contribution in [0.3, 0.4) is 0 Å². The van der Waals surface area contributed by atoms with E-state index in [1.165, 1.54) is 32.1 Å². The van der Waals surface area contributed by atoms with Crippen LogP contribution < -0.4 is 5.73 Å². The van der Waals surface area contributed by atoms with Crippen molar-refractivity contribution in [2.75, 3.05) is 13.1 Å². The lowest BCUT2D eigenvalue weighted by Crippen LogP contribution is -2.49. The first-order valence-corrected chi connectivity index (χ1v) is 8.69. The molecule has 0 radical (unpaired) electrons. The molecule has 3 rings (SSSR count). The average Bonchev–Trinajstić information content (AvgIpc) is 2.46. The van der Waals surface area contributed by atoms with Crippen LogP contribution in [-0.2, 0) is 4.79 Å². The maximum Gasteiger partial charge on any atom is 0.225 e. The fraction of sp³-hybridized carbons (Fsp3) is 0.941. The Balaban J connectivity index is 1.60. The monoisotopic (exact) mass is 278 g/mol. The maximum absolute atomic E-state index is 12.8. The van der Waals surface area contributed by atoms with Gasteiger partial charge in [0.15, 0.2) is 0 Å². The van der Waals surface area contributed by atoms with Crippen LogP contribution in [0.15, 0.2) is 0 Å². The van der Waals surface area contributed by atoms with E-state index in [1.54, 1.807) is 0 Å². The van der Waals surface area contributed by atoms with Gasteiger partial charge >= 0.3 is 0 Å². The summed E-state index contributed by atoms with van der Waals surface area (Å²) in [5.41, 5.74) is 6.03. The molecule has 0 aromatic carbocycles. The number of fused-ring (bicyclic) bond motifs is 1. The van der Waals surface area contributed by atoms with Crippen molar-refractivity contribution >= 4 is 5.91 Å². The summed E-state index contributed by atoms with van der Waals surface area (Å²) >= 11 is 0. The fourth-order valence-electron chi connectivity index (χ4n) is 4.84. The van der Waals surface area contributed by atoms with E-state index in [1.807, 2.05) is 0 Å². The van der Waals surface area contributed by atoms with Crippen LogP contribution >= 0.6 is 0 Å². The third kappa shape index (κ3) is 2.88. The molecule has 5 atom stereocenters. The molecule has 3 heteroatoms. The number of piperidine rings is 1. The second kappa shape index (κ2) is 6.05. The molecule has 3 fully saturated rings. The number of amides is 1. The van der Waals surface area contributed by atoms with Gasteiger partial charge in [-0.25, -0.2) is 0 Å². The Labute approximate surface area is 123 Å². The number of nitrogens with two attached hydrogens (primary N) is 1. The lowest BCUT2D eigenvalue weighted by Gasteiger charge is -2.43. The van der Waals surface area contributed by atoms with E-state index in [0.717, 1.165) is 44.2 Å². The minimum atomic E-state index is 0.245. The zero-order valence-electron chi connectivity index (χ0n) is 12.9. The van der Waals surface area contributed by atoms with Crippen molar-refractivity contribution < 1.29 is 4.79 Å². The summed E-state index contributed by atoms with van der Waals surface area (Å²) in [5.74, 6) is 2.85. The molecule has 0 spiro atoms. The Bertz CT molecular complexity index is 357. The van der Waals surface area contributed by atoms with E-state index in [4.69, 9.17) is 5.73 Å². The Morgan fingerprint density at radius 3 is 2.55 bits per heavy atom. The van der Waals surface area contributed by atoms with E-state index >= 15 is 0 Å². The molecule has 0 aromatic rings. The van der Waals surface area contributed by atoms with Gasteiger partial charge in [0.25, 0.3) is 0 Å². The Kier molecular flexibility index (Phi) is 4.34. The molecule has 1 saturated heterocycles. The quantitative estimate of drug-likeness (QED) is 0.801. The molecule has 20 heavy (non-hydrogen) atoms. The number of carbonyl (C=O) groups excluding carboxylic acids is 1. The van der Waals surface area contributed by atoms with Crippen molar-refractivity contribution in [3.8, 4) is 0 Å². The van der Waals surface area contributed by atoms with Gasteiger partial charge in [-0.2, -0.15) is 0 Å². The predicted molar refractivity (Wildman–Crippen MR) is 81.1 cm³/mol. The molecule has 1 heterocycles. The first-order chi connectivity index (χ1) is 9.65. The van der Waals surface area contributed by atoms with Crippen LogP contribution in [0.2, 0.25) is 0 Å². The van der Waals surface area contributed by atoms with Crippen molar-refractivity contribution in [3.05, 3.63) is 0 Å². The predicted octanol–water partition coefficient (Wildman–Crippen LogP) is 2.79. The topological polar surface area (TPSA) is 46.3 Å². The summed E-state index contributed by atoms with van der Waals surface area (Å²) in [6.07, 6.45) is 9.84. The molecule has 5 unspecified atom stereocenters. The van der Waals surface area contributed by atoms with Gasteiger partial charge in [0.1, 0.15) is 0 Å². The highest BCUT2D eigenvalue weighted by atomic mass is 16.2. The molecule has 0 bridgehead atoms. The smallest absolute Gasteiger partial charge is 0.225 e. The molecule has 2 N–H and O–H groups in total.